The molecule has 3 rings (SSSR count). The lowest BCUT2D eigenvalue weighted by atomic mass is 10.1. The molecule has 1 amide bonds. The van der Waals surface area contributed by atoms with Crippen LogP contribution in [0.3, 0.4) is 0 Å². The average Bonchev–Trinajstić information content (AvgIpc) is 3.13. The van der Waals surface area contributed by atoms with Gasteiger partial charge in [-0.25, -0.2) is 0 Å². The summed E-state index contributed by atoms with van der Waals surface area (Å²) in [5.41, 5.74) is 2.61. The normalized spacial score (nSPS) is 14.0. The first-order valence-corrected chi connectivity index (χ1v) is 9.59. The van der Waals surface area contributed by atoms with Gasteiger partial charge in [0.15, 0.2) is 0 Å². The van der Waals surface area contributed by atoms with Crippen molar-refractivity contribution in [1.82, 2.24) is 5.32 Å². The van der Waals surface area contributed by atoms with Crippen molar-refractivity contribution in [2.75, 3.05) is 11.9 Å². The highest BCUT2D eigenvalue weighted by molar-refractivity contribution is 7.16. The fraction of sp³-hybridized carbons (Fsp3) is 0.333. The number of nitriles is 1. The minimum Gasteiger partial charge on any atom is -0.315 e. The van der Waals surface area contributed by atoms with Gasteiger partial charge in [-0.05, 0) is 49.4 Å². The van der Waals surface area contributed by atoms with Crippen molar-refractivity contribution in [2.45, 2.75) is 32.2 Å². The Balaban J connectivity index is 1.61. The Kier molecular flexibility index (Phi) is 5.65. The standard InChI is InChI=1S/C18H17Cl2N3OS/c1-10(12-6-5-11(19)7-15(12)20)22-9-17(24)23-18-14(8-21)13-3-2-4-16(13)25-18/h5-7,10,22H,2-4,9H2,1H3,(H,23,24)/t10-/m0/s1. The molecule has 0 saturated heterocycles. The van der Waals surface area contributed by atoms with Gasteiger partial charge in [0.05, 0.1) is 12.1 Å². The highest BCUT2D eigenvalue weighted by atomic mass is 35.5. The van der Waals surface area contributed by atoms with Crippen molar-refractivity contribution in [3.05, 3.63) is 49.8 Å². The van der Waals surface area contributed by atoms with Gasteiger partial charge in [-0.1, -0.05) is 29.3 Å². The van der Waals surface area contributed by atoms with Crippen LogP contribution in [0.1, 0.15) is 41.0 Å². The first-order valence-electron chi connectivity index (χ1n) is 8.02. The zero-order valence-corrected chi connectivity index (χ0v) is 16.0. The molecule has 0 bridgehead atoms. The molecular weight excluding hydrogens is 377 g/mol. The third kappa shape index (κ3) is 3.99. The van der Waals surface area contributed by atoms with Crippen LogP contribution in [0, 0.1) is 11.3 Å². The van der Waals surface area contributed by atoms with Gasteiger partial charge < -0.3 is 10.6 Å². The molecule has 1 aliphatic rings. The summed E-state index contributed by atoms with van der Waals surface area (Å²) >= 11 is 13.6. The predicted molar refractivity (Wildman–Crippen MR) is 103 cm³/mol. The van der Waals surface area contributed by atoms with Gasteiger partial charge in [-0.2, -0.15) is 5.26 Å². The average molecular weight is 394 g/mol. The Bertz CT molecular complexity index is 857. The van der Waals surface area contributed by atoms with E-state index in [4.69, 9.17) is 23.2 Å². The summed E-state index contributed by atoms with van der Waals surface area (Å²) in [6.45, 7) is 2.07. The molecule has 1 aliphatic carbocycles. The van der Waals surface area contributed by atoms with Crippen LogP contribution in [0.4, 0.5) is 5.00 Å². The summed E-state index contributed by atoms with van der Waals surface area (Å²) in [6.07, 6.45) is 3.01. The Morgan fingerprint density at radius 2 is 2.20 bits per heavy atom. The molecule has 1 aromatic carbocycles. The van der Waals surface area contributed by atoms with Crippen LogP contribution in [0.5, 0.6) is 0 Å². The van der Waals surface area contributed by atoms with Crippen molar-refractivity contribution in [3.63, 3.8) is 0 Å². The van der Waals surface area contributed by atoms with E-state index in [-0.39, 0.29) is 18.5 Å². The number of nitrogens with zero attached hydrogens (tertiary/aromatic N) is 1. The third-order valence-corrected chi connectivity index (χ3v) is 6.05. The number of hydrogen-bond donors (Lipinski definition) is 2. The Labute approximate surface area is 160 Å². The largest absolute Gasteiger partial charge is 0.315 e. The highest BCUT2D eigenvalue weighted by Gasteiger charge is 2.23. The lowest BCUT2D eigenvalue weighted by Crippen LogP contribution is -2.30. The van der Waals surface area contributed by atoms with E-state index in [0.29, 0.717) is 20.6 Å². The molecule has 2 aromatic rings. The van der Waals surface area contributed by atoms with Crippen molar-refractivity contribution in [1.29, 1.82) is 5.26 Å². The number of benzene rings is 1. The van der Waals surface area contributed by atoms with Crippen molar-refractivity contribution in [3.8, 4) is 6.07 Å². The molecule has 0 fully saturated rings. The molecule has 0 aliphatic heterocycles. The number of carbonyl (C=O) groups is 1. The second kappa shape index (κ2) is 7.76. The maximum atomic E-state index is 12.3. The Hall–Kier alpha value is -1.58. The van der Waals surface area contributed by atoms with Crippen LogP contribution in [0.2, 0.25) is 10.0 Å². The van der Waals surface area contributed by atoms with Gasteiger partial charge in [-0.15, -0.1) is 11.3 Å². The molecule has 7 heteroatoms. The molecule has 130 valence electrons. The predicted octanol–water partition coefficient (Wildman–Crippen LogP) is 4.70. The van der Waals surface area contributed by atoms with E-state index < -0.39 is 0 Å². The molecule has 1 heterocycles. The number of hydrogen-bond acceptors (Lipinski definition) is 4. The number of thiophene rings is 1. The molecular formula is C18H17Cl2N3OS. The molecule has 0 spiro atoms. The molecule has 2 N–H and O–H groups in total. The molecule has 25 heavy (non-hydrogen) atoms. The van der Waals surface area contributed by atoms with E-state index in [1.165, 1.54) is 16.2 Å². The molecule has 4 nitrogen and oxygen atoms in total. The highest BCUT2D eigenvalue weighted by Crippen LogP contribution is 2.38. The monoisotopic (exact) mass is 393 g/mol. The summed E-state index contributed by atoms with van der Waals surface area (Å²) in [6, 6.07) is 7.43. The zero-order chi connectivity index (χ0) is 18.0. The van der Waals surface area contributed by atoms with Gasteiger partial charge >= 0.3 is 0 Å². The van der Waals surface area contributed by atoms with Gasteiger partial charge in [-0.3, -0.25) is 4.79 Å². The van der Waals surface area contributed by atoms with Gasteiger partial charge in [0, 0.05) is 21.0 Å². The quantitative estimate of drug-likeness (QED) is 0.772. The van der Waals surface area contributed by atoms with Gasteiger partial charge in [0.1, 0.15) is 11.1 Å². The zero-order valence-electron chi connectivity index (χ0n) is 13.7. The number of anilines is 1. The van der Waals surface area contributed by atoms with Gasteiger partial charge in [0.25, 0.3) is 0 Å². The second-order valence-corrected chi connectivity index (χ2v) is 7.94. The number of amides is 1. The van der Waals surface area contributed by atoms with Crippen LogP contribution >= 0.6 is 34.5 Å². The summed E-state index contributed by atoms with van der Waals surface area (Å²) in [5.74, 6) is -0.173. The fourth-order valence-electron chi connectivity index (χ4n) is 2.99. The van der Waals surface area contributed by atoms with Crippen molar-refractivity contribution < 1.29 is 4.79 Å². The van der Waals surface area contributed by atoms with Gasteiger partial charge in [0.2, 0.25) is 5.91 Å². The Morgan fingerprint density at radius 3 is 2.92 bits per heavy atom. The first kappa shape index (κ1) is 18.2. The third-order valence-electron chi connectivity index (χ3n) is 4.28. The molecule has 0 radical (unpaired) electrons. The van der Waals surface area contributed by atoms with Crippen LogP contribution in [-0.4, -0.2) is 12.5 Å². The van der Waals surface area contributed by atoms with E-state index in [1.807, 2.05) is 13.0 Å². The van der Waals surface area contributed by atoms with E-state index in [0.717, 1.165) is 30.4 Å². The topological polar surface area (TPSA) is 64.9 Å². The Morgan fingerprint density at radius 1 is 1.40 bits per heavy atom. The summed E-state index contributed by atoms with van der Waals surface area (Å²) < 4.78 is 0. The molecule has 0 saturated carbocycles. The number of rotatable bonds is 5. The number of nitrogens with one attached hydrogen (secondary N) is 2. The number of halogens is 2. The molecule has 1 atom stereocenters. The van der Waals surface area contributed by atoms with Crippen molar-refractivity contribution >= 4 is 45.4 Å². The summed E-state index contributed by atoms with van der Waals surface area (Å²) in [4.78, 5) is 13.5. The number of carbonyl (C=O) groups excluding carboxylic acids is 1. The van der Waals surface area contributed by atoms with Crippen LogP contribution in [0.15, 0.2) is 18.2 Å². The van der Waals surface area contributed by atoms with E-state index in [9.17, 15) is 10.1 Å². The van der Waals surface area contributed by atoms with Crippen LogP contribution < -0.4 is 10.6 Å². The number of aryl methyl sites for hydroxylation is 1. The first-order chi connectivity index (χ1) is 12.0. The fourth-order valence-corrected chi connectivity index (χ4v) is 4.82. The smallest absolute Gasteiger partial charge is 0.238 e. The second-order valence-electron chi connectivity index (χ2n) is 5.99. The maximum Gasteiger partial charge on any atom is 0.238 e. The SMILES string of the molecule is C[C@H](NCC(=O)Nc1sc2c(c1C#N)CCC2)c1ccc(Cl)cc1Cl. The number of fused-ring (bicyclic) bond motifs is 1. The van der Waals surface area contributed by atoms with E-state index in [2.05, 4.69) is 16.7 Å². The molecule has 0 unspecified atom stereocenters. The summed E-state index contributed by atoms with van der Waals surface area (Å²) in [5, 5.41) is 17.2. The minimum absolute atomic E-state index is 0.0979. The molecule has 1 aromatic heterocycles. The minimum atomic E-state index is -0.173. The lowest BCUT2D eigenvalue weighted by Gasteiger charge is -2.15. The lowest BCUT2D eigenvalue weighted by molar-refractivity contribution is -0.115. The van der Waals surface area contributed by atoms with Crippen LogP contribution in [0.25, 0.3) is 0 Å². The van der Waals surface area contributed by atoms with E-state index in [1.54, 1.807) is 12.1 Å². The van der Waals surface area contributed by atoms with Crippen LogP contribution in [-0.2, 0) is 17.6 Å². The summed E-state index contributed by atoms with van der Waals surface area (Å²) in [7, 11) is 0. The van der Waals surface area contributed by atoms with Crippen molar-refractivity contribution in [2.24, 2.45) is 0 Å². The maximum absolute atomic E-state index is 12.3. The van der Waals surface area contributed by atoms with E-state index >= 15 is 0 Å².